The van der Waals surface area contributed by atoms with Gasteiger partial charge in [0, 0.05) is 18.8 Å². The summed E-state index contributed by atoms with van der Waals surface area (Å²) in [6.07, 6.45) is 1.77. The number of alkyl halides is 2. The molecule has 4 nitrogen and oxygen atoms in total. The molecular weight excluding hydrogens is 262 g/mol. The van der Waals surface area contributed by atoms with E-state index >= 15 is 0 Å². The molecule has 0 aromatic carbocycles. The highest BCUT2D eigenvalue weighted by Gasteiger charge is 2.17. The van der Waals surface area contributed by atoms with Crippen LogP contribution in [0, 0.1) is 0 Å². The molecule has 1 atom stereocenters. The number of aliphatic hydroxyl groups is 1. The van der Waals surface area contributed by atoms with Crippen molar-refractivity contribution in [3.05, 3.63) is 23.9 Å². The smallest absolute Gasteiger partial charge is 0.290 e. The van der Waals surface area contributed by atoms with Gasteiger partial charge in [-0.25, -0.2) is 4.98 Å². The van der Waals surface area contributed by atoms with Crippen LogP contribution in [-0.4, -0.2) is 34.4 Å². The van der Waals surface area contributed by atoms with Gasteiger partial charge in [-0.2, -0.15) is 8.78 Å². The lowest BCUT2D eigenvalue weighted by Gasteiger charge is -2.13. The second kappa shape index (κ2) is 7.27. The molecule has 7 heteroatoms. The van der Waals surface area contributed by atoms with Crippen molar-refractivity contribution in [3.63, 3.8) is 0 Å². The predicted molar refractivity (Wildman–Crippen MR) is 64.7 cm³/mol. The average Bonchev–Trinajstić information content (AvgIpc) is 2.28. The summed E-state index contributed by atoms with van der Waals surface area (Å²) in [6.45, 7) is 1.68. The molecule has 1 rings (SSSR count). The minimum atomic E-state index is -2.62. The molecule has 1 unspecified atom stereocenters. The van der Waals surface area contributed by atoms with Crippen LogP contribution in [0.25, 0.3) is 0 Å². The third-order valence-electron chi connectivity index (χ3n) is 2.16. The summed E-state index contributed by atoms with van der Waals surface area (Å²) in [7, 11) is 0. The molecule has 0 radical (unpaired) electrons. The molecule has 0 bridgehead atoms. The van der Waals surface area contributed by atoms with E-state index in [4.69, 9.17) is 5.11 Å². The normalized spacial score (nSPS) is 12.5. The fraction of sp³-hybridized carbons (Fsp3) is 0.455. The largest absolute Gasteiger partial charge is 0.396 e. The maximum absolute atomic E-state index is 12.3. The van der Waals surface area contributed by atoms with Crippen LogP contribution < -0.4 is 5.32 Å². The van der Waals surface area contributed by atoms with Gasteiger partial charge in [0.2, 0.25) is 0 Å². The Morgan fingerprint density at radius 3 is 2.94 bits per heavy atom. The Bertz CT molecular complexity index is 404. The summed E-state index contributed by atoms with van der Waals surface area (Å²) < 4.78 is 24.6. The Hall–Kier alpha value is -1.21. The monoisotopic (exact) mass is 276 g/mol. The molecule has 0 aliphatic carbocycles. The van der Waals surface area contributed by atoms with Crippen molar-refractivity contribution in [1.82, 2.24) is 10.3 Å². The number of rotatable bonds is 6. The minimum absolute atomic E-state index is 0.00111. The molecule has 100 valence electrons. The maximum atomic E-state index is 12.3. The Kier molecular flexibility index (Phi) is 6.00. The molecule has 1 aromatic rings. The first-order chi connectivity index (χ1) is 8.54. The van der Waals surface area contributed by atoms with Crippen LogP contribution in [0.4, 0.5) is 8.78 Å². The van der Waals surface area contributed by atoms with Crippen LogP contribution in [0.3, 0.4) is 0 Å². The molecule has 0 aliphatic heterocycles. The van der Waals surface area contributed by atoms with Gasteiger partial charge in [-0.05, 0) is 37.2 Å². The maximum Gasteiger partial charge on any atom is 0.290 e. The van der Waals surface area contributed by atoms with Crippen molar-refractivity contribution in [2.24, 2.45) is 0 Å². The quantitative estimate of drug-likeness (QED) is 0.779. The Morgan fingerprint density at radius 1 is 1.61 bits per heavy atom. The second-order valence-corrected chi connectivity index (χ2v) is 4.60. The molecule has 0 fully saturated rings. The van der Waals surface area contributed by atoms with Crippen LogP contribution in [0.2, 0.25) is 0 Å². The van der Waals surface area contributed by atoms with Crippen molar-refractivity contribution in [1.29, 1.82) is 0 Å². The summed E-state index contributed by atoms with van der Waals surface area (Å²) in [6, 6.07) is 2.73. The van der Waals surface area contributed by atoms with Crippen molar-refractivity contribution >= 4 is 17.7 Å². The van der Waals surface area contributed by atoms with E-state index < -0.39 is 11.7 Å². The lowest BCUT2D eigenvalue weighted by Crippen LogP contribution is -2.33. The summed E-state index contributed by atoms with van der Waals surface area (Å²) in [5, 5.41) is 11.3. The van der Waals surface area contributed by atoms with Crippen molar-refractivity contribution in [2.45, 2.75) is 30.2 Å². The summed E-state index contributed by atoms with van der Waals surface area (Å²) in [4.78, 5) is 15.6. The Balaban J connectivity index is 2.78. The number of amides is 1. The number of nitrogens with zero attached hydrogens (tertiary/aromatic N) is 1. The third-order valence-corrected chi connectivity index (χ3v) is 2.88. The molecule has 1 amide bonds. The van der Waals surface area contributed by atoms with Gasteiger partial charge in [-0.15, -0.1) is 0 Å². The molecule has 18 heavy (non-hydrogen) atoms. The van der Waals surface area contributed by atoms with Crippen LogP contribution in [-0.2, 0) is 0 Å². The summed E-state index contributed by atoms with van der Waals surface area (Å²) in [5.41, 5.74) is 0.118. The Labute approximate surface area is 108 Å². The van der Waals surface area contributed by atoms with Gasteiger partial charge >= 0.3 is 0 Å². The van der Waals surface area contributed by atoms with Crippen LogP contribution >= 0.6 is 11.8 Å². The molecule has 0 spiro atoms. The molecular formula is C11H14F2N2O2S. The van der Waals surface area contributed by atoms with Gasteiger partial charge in [0.05, 0.1) is 5.56 Å². The third kappa shape index (κ3) is 4.58. The van der Waals surface area contributed by atoms with Gasteiger partial charge in [-0.3, -0.25) is 4.79 Å². The summed E-state index contributed by atoms with van der Waals surface area (Å²) >= 11 is 0.239. The first-order valence-electron chi connectivity index (χ1n) is 5.36. The van der Waals surface area contributed by atoms with E-state index in [1.807, 2.05) is 0 Å². The van der Waals surface area contributed by atoms with E-state index in [-0.39, 0.29) is 35.0 Å². The predicted octanol–water partition coefficient (Wildman–Crippen LogP) is 1.90. The van der Waals surface area contributed by atoms with Gasteiger partial charge in [-0.1, -0.05) is 0 Å². The van der Waals surface area contributed by atoms with Crippen molar-refractivity contribution < 1.29 is 18.7 Å². The van der Waals surface area contributed by atoms with Crippen LogP contribution in [0.5, 0.6) is 0 Å². The van der Waals surface area contributed by atoms with Crippen molar-refractivity contribution in [2.75, 3.05) is 6.61 Å². The molecule has 0 saturated heterocycles. The van der Waals surface area contributed by atoms with E-state index in [2.05, 4.69) is 10.3 Å². The number of pyridine rings is 1. The molecule has 2 N–H and O–H groups in total. The van der Waals surface area contributed by atoms with Crippen LogP contribution in [0.1, 0.15) is 23.7 Å². The molecule has 1 aromatic heterocycles. The zero-order chi connectivity index (χ0) is 13.5. The Morgan fingerprint density at radius 2 is 2.33 bits per heavy atom. The lowest BCUT2D eigenvalue weighted by molar-refractivity contribution is 0.0930. The number of hydrogen-bond acceptors (Lipinski definition) is 4. The van der Waals surface area contributed by atoms with E-state index in [0.717, 1.165) is 0 Å². The number of nitrogens with one attached hydrogen (secondary N) is 1. The fourth-order valence-electron chi connectivity index (χ4n) is 1.31. The first-order valence-corrected chi connectivity index (χ1v) is 6.24. The van der Waals surface area contributed by atoms with Gasteiger partial charge in [0.15, 0.2) is 0 Å². The van der Waals surface area contributed by atoms with E-state index in [1.54, 1.807) is 6.92 Å². The number of thioether (sulfide) groups is 1. The number of aromatic nitrogens is 1. The lowest BCUT2D eigenvalue weighted by atomic mass is 10.2. The number of halogens is 2. The van der Waals surface area contributed by atoms with E-state index in [1.165, 1.54) is 18.3 Å². The molecule has 0 aliphatic rings. The first kappa shape index (κ1) is 14.8. The number of carbonyl (C=O) groups excluding carboxylic acids is 1. The zero-order valence-electron chi connectivity index (χ0n) is 9.77. The number of carbonyl (C=O) groups is 1. The van der Waals surface area contributed by atoms with Gasteiger partial charge in [0.1, 0.15) is 5.03 Å². The van der Waals surface area contributed by atoms with Gasteiger partial charge in [0.25, 0.3) is 11.7 Å². The minimum Gasteiger partial charge on any atom is -0.396 e. The van der Waals surface area contributed by atoms with Crippen LogP contribution in [0.15, 0.2) is 23.4 Å². The zero-order valence-corrected chi connectivity index (χ0v) is 10.6. The molecule has 0 saturated carbocycles. The SMILES string of the molecule is CC(CCO)NC(=O)c1cccnc1SC(F)F. The van der Waals surface area contributed by atoms with E-state index in [0.29, 0.717) is 6.42 Å². The number of aliphatic hydroxyl groups excluding tert-OH is 1. The second-order valence-electron chi connectivity index (χ2n) is 3.62. The summed E-state index contributed by atoms with van der Waals surface area (Å²) in [5.74, 6) is -3.09. The highest BCUT2D eigenvalue weighted by molar-refractivity contribution is 7.99. The number of hydrogen-bond donors (Lipinski definition) is 2. The highest BCUT2D eigenvalue weighted by Crippen LogP contribution is 2.26. The standard InChI is InChI=1S/C11H14F2N2O2S/c1-7(4-6-16)15-9(17)8-3-2-5-14-10(8)18-11(12)13/h2-3,5,7,11,16H,4,6H2,1H3,(H,15,17). The van der Waals surface area contributed by atoms with E-state index in [9.17, 15) is 13.6 Å². The molecule has 1 heterocycles. The highest BCUT2D eigenvalue weighted by atomic mass is 32.2. The topological polar surface area (TPSA) is 62.2 Å². The van der Waals surface area contributed by atoms with Gasteiger partial charge < -0.3 is 10.4 Å². The van der Waals surface area contributed by atoms with Crippen molar-refractivity contribution in [3.8, 4) is 0 Å². The average molecular weight is 276 g/mol. The fourth-order valence-corrected chi connectivity index (χ4v) is 1.89.